The van der Waals surface area contributed by atoms with E-state index in [1.54, 1.807) is 6.07 Å². The van der Waals surface area contributed by atoms with E-state index in [0.29, 0.717) is 17.3 Å². The molecule has 1 unspecified atom stereocenters. The molecule has 0 aliphatic carbocycles. The maximum atomic E-state index is 9.08. The van der Waals surface area contributed by atoms with E-state index in [4.69, 9.17) is 11.0 Å². The molecular formula is C16H22N4. The Labute approximate surface area is 120 Å². The molecule has 1 atom stereocenters. The van der Waals surface area contributed by atoms with Crippen LogP contribution in [0.25, 0.3) is 0 Å². The fraction of sp³-hybridized carbons (Fsp3) is 0.562. The van der Waals surface area contributed by atoms with Crippen LogP contribution in [-0.2, 0) is 0 Å². The van der Waals surface area contributed by atoms with Crippen LogP contribution in [0.5, 0.6) is 0 Å². The average molecular weight is 270 g/mol. The zero-order valence-electron chi connectivity index (χ0n) is 11.9. The Balaban J connectivity index is 1.72. The summed E-state index contributed by atoms with van der Waals surface area (Å²) in [6.07, 6.45) is 5.26. The summed E-state index contributed by atoms with van der Waals surface area (Å²) in [7, 11) is 0. The molecule has 0 radical (unpaired) electrons. The standard InChI is InChI=1S/C16H22N4/c17-11-13-5-4-6-15(16(13)18)20-10-7-14(12-20)19-8-2-1-3-9-19/h4-6,14H,1-3,7-10,12,18H2. The summed E-state index contributed by atoms with van der Waals surface area (Å²) in [6, 6.07) is 8.58. The first-order valence-corrected chi connectivity index (χ1v) is 7.57. The molecule has 4 heteroatoms. The Morgan fingerprint density at radius 1 is 1.15 bits per heavy atom. The van der Waals surface area contributed by atoms with Gasteiger partial charge < -0.3 is 10.6 Å². The largest absolute Gasteiger partial charge is 0.396 e. The van der Waals surface area contributed by atoms with Crippen LogP contribution >= 0.6 is 0 Å². The molecule has 1 aromatic carbocycles. The molecule has 0 bridgehead atoms. The summed E-state index contributed by atoms with van der Waals surface area (Å²) in [5.41, 5.74) is 8.37. The average Bonchev–Trinajstić information content (AvgIpc) is 2.98. The highest BCUT2D eigenvalue weighted by atomic mass is 15.3. The van der Waals surface area contributed by atoms with E-state index in [9.17, 15) is 0 Å². The van der Waals surface area contributed by atoms with Gasteiger partial charge in [-0.3, -0.25) is 4.90 Å². The minimum Gasteiger partial charge on any atom is -0.396 e. The highest BCUT2D eigenvalue weighted by molar-refractivity contribution is 5.74. The van der Waals surface area contributed by atoms with Crippen molar-refractivity contribution in [3.05, 3.63) is 23.8 Å². The fourth-order valence-electron chi connectivity index (χ4n) is 3.47. The SMILES string of the molecule is N#Cc1cccc(N2CCC(N3CCCCC3)C2)c1N. The summed E-state index contributed by atoms with van der Waals surface area (Å²) in [4.78, 5) is 4.98. The number of benzene rings is 1. The van der Waals surface area contributed by atoms with E-state index >= 15 is 0 Å². The Bertz CT molecular complexity index is 514. The molecule has 4 nitrogen and oxygen atoms in total. The lowest BCUT2D eigenvalue weighted by atomic mass is 10.1. The van der Waals surface area contributed by atoms with Crippen LogP contribution in [0.2, 0.25) is 0 Å². The van der Waals surface area contributed by atoms with Crippen LogP contribution in [-0.4, -0.2) is 37.1 Å². The molecule has 20 heavy (non-hydrogen) atoms. The molecule has 2 N–H and O–H groups in total. The van der Waals surface area contributed by atoms with Crippen molar-refractivity contribution in [3.63, 3.8) is 0 Å². The number of rotatable bonds is 2. The van der Waals surface area contributed by atoms with Gasteiger partial charge in [-0.05, 0) is 44.5 Å². The minimum atomic E-state index is 0.587. The molecule has 2 aliphatic rings. The summed E-state index contributed by atoms with van der Waals surface area (Å²) in [6.45, 7) is 4.57. The van der Waals surface area contributed by atoms with E-state index in [2.05, 4.69) is 15.9 Å². The van der Waals surface area contributed by atoms with Crippen molar-refractivity contribution >= 4 is 11.4 Å². The van der Waals surface area contributed by atoms with Gasteiger partial charge in [0.1, 0.15) is 6.07 Å². The Kier molecular flexibility index (Phi) is 3.79. The second kappa shape index (κ2) is 5.72. The second-order valence-electron chi connectivity index (χ2n) is 5.84. The number of anilines is 2. The lowest BCUT2D eigenvalue weighted by Crippen LogP contribution is -2.40. The van der Waals surface area contributed by atoms with Crippen molar-refractivity contribution in [1.29, 1.82) is 5.26 Å². The summed E-state index contributed by atoms with van der Waals surface area (Å²) in [5, 5.41) is 9.08. The molecule has 2 aliphatic heterocycles. The van der Waals surface area contributed by atoms with Crippen molar-refractivity contribution in [1.82, 2.24) is 4.90 Å². The first-order valence-electron chi connectivity index (χ1n) is 7.57. The molecular weight excluding hydrogens is 248 g/mol. The minimum absolute atomic E-state index is 0.587. The molecule has 3 rings (SSSR count). The van der Waals surface area contributed by atoms with Crippen LogP contribution in [0.4, 0.5) is 11.4 Å². The second-order valence-corrected chi connectivity index (χ2v) is 5.84. The van der Waals surface area contributed by atoms with E-state index < -0.39 is 0 Å². The van der Waals surface area contributed by atoms with E-state index in [1.165, 1.54) is 38.8 Å². The molecule has 0 amide bonds. The van der Waals surface area contributed by atoms with Crippen LogP contribution in [0, 0.1) is 11.3 Å². The van der Waals surface area contributed by atoms with Gasteiger partial charge in [-0.2, -0.15) is 5.26 Å². The van der Waals surface area contributed by atoms with Crippen molar-refractivity contribution in [3.8, 4) is 6.07 Å². The van der Waals surface area contributed by atoms with Crippen molar-refractivity contribution in [2.45, 2.75) is 31.7 Å². The zero-order chi connectivity index (χ0) is 13.9. The normalized spacial score (nSPS) is 23.8. The number of para-hydroxylation sites is 1. The topological polar surface area (TPSA) is 56.3 Å². The smallest absolute Gasteiger partial charge is 0.101 e. The van der Waals surface area contributed by atoms with Gasteiger partial charge in [0.25, 0.3) is 0 Å². The lowest BCUT2D eigenvalue weighted by Gasteiger charge is -2.32. The van der Waals surface area contributed by atoms with Gasteiger partial charge in [0.15, 0.2) is 0 Å². The quantitative estimate of drug-likeness (QED) is 0.837. The third-order valence-electron chi connectivity index (χ3n) is 4.61. The number of nitriles is 1. The fourth-order valence-corrected chi connectivity index (χ4v) is 3.47. The molecule has 0 aromatic heterocycles. The van der Waals surface area contributed by atoms with Crippen LogP contribution in [0.15, 0.2) is 18.2 Å². The number of hydrogen-bond acceptors (Lipinski definition) is 4. The first kappa shape index (κ1) is 13.3. The van der Waals surface area contributed by atoms with Crippen LogP contribution in [0.3, 0.4) is 0 Å². The molecule has 106 valence electrons. The summed E-state index contributed by atoms with van der Waals surface area (Å²) in [5.74, 6) is 0. The van der Waals surface area contributed by atoms with E-state index in [1.807, 2.05) is 12.1 Å². The highest BCUT2D eigenvalue weighted by Crippen LogP contribution is 2.31. The molecule has 1 aromatic rings. The first-order chi connectivity index (χ1) is 9.79. The van der Waals surface area contributed by atoms with E-state index in [-0.39, 0.29) is 0 Å². The van der Waals surface area contributed by atoms with Gasteiger partial charge in [-0.1, -0.05) is 12.5 Å². The number of nitrogen functional groups attached to an aromatic ring is 1. The number of nitrogens with zero attached hydrogens (tertiary/aromatic N) is 3. The predicted molar refractivity (Wildman–Crippen MR) is 81.6 cm³/mol. The molecule has 2 heterocycles. The van der Waals surface area contributed by atoms with Crippen LogP contribution < -0.4 is 10.6 Å². The Hall–Kier alpha value is -1.73. The maximum Gasteiger partial charge on any atom is 0.101 e. The maximum absolute atomic E-state index is 9.08. The molecule has 0 saturated carbocycles. The van der Waals surface area contributed by atoms with Crippen molar-refractivity contribution < 1.29 is 0 Å². The van der Waals surface area contributed by atoms with E-state index in [0.717, 1.165) is 18.8 Å². The summed E-state index contributed by atoms with van der Waals surface area (Å²) < 4.78 is 0. The third kappa shape index (κ3) is 2.46. The molecule has 0 spiro atoms. The Morgan fingerprint density at radius 2 is 1.95 bits per heavy atom. The third-order valence-corrected chi connectivity index (χ3v) is 4.61. The number of likely N-dealkylation sites (tertiary alicyclic amines) is 1. The number of nitrogens with two attached hydrogens (primary N) is 1. The lowest BCUT2D eigenvalue weighted by molar-refractivity contribution is 0.175. The highest BCUT2D eigenvalue weighted by Gasteiger charge is 2.29. The number of piperidine rings is 1. The predicted octanol–water partition coefficient (Wildman–Crippen LogP) is 2.21. The molecule has 2 fully saturated rings. The van der Waals surface area contributed by atoms with Gasteiger partial charge in [-0.25, -0.2) is 0 Å². The van der Waals surface area contributed by atoms with Gasteiger partial charge in [0.05, 0.1) is 16.9 Å². The van der Waals surface area contributed by atoms with Gasteiger partial charge in [0.2, 0.25) is 0 Å². The van der Waals surface area contributed by atoms with Gasteiger partial charge in [0, 0.05) is 19.1 Å². The van der Waals surface area contributed by atoms with Crippen LogP contribution in [0.1, 0.15) is 31.2 Å². The Morgan fingerprint density at radius 3 is 2.70 bits per heavy atom. The monoisotopic (exact) mass is 270 g/mol. The number of hydrogen-bond donors (Lipinski definition) is 1. The van der Waals surface area contributed by atoms with Crippen molar-refractivity contribution in [2.75, 3.05) is 36.8 Å². The van der Waals surface area contributed by atoms with Gasteiger partial charge >= 0.3 is 0 Å². The van der Waals surface area contributed by atoms with Gasteiger partial charge in [-0.15, -0.1) is 0 Å². The zero-order valence-corrected chi connectivity index (χ0v) is 11.9. The molecule has 2 saturated heterocycles. The van der Waals surface area contributed by atoms with Crippen molar-refractivity contribution in [2.24, 2.45) is 0 Å². The summed E-state index contributed by atoms with van der Waals surface area (Å²) >= 11 is 0.